The fourth-order valence-corrected chi connectivity index (χ4v) is 3.89. The quantitative estimate of drug-likeness (QED) is 0.352. The van der Waals surface area contributed by atoms with Gasteiger partial charge in [0.25, 0.3) is 11.8 Å². The van der Waals surface area contributed by atoms with Crippen LogP contribution in [0.25, 0.3) is 17.0 Å². The largest absolute Gasteiger partial charge is 0.341 e. The minimum atomic E-state index is -0.838. The number of hydrogen-bond acceptors (Lipinski definition) is 6. The van der Waals surface area contributed by atoms with E-state index >= 15 is 0 Å². The summed E-state index contributed by atoms with van der Waals surface area (Å²) in [5, 5.41) is 22.7. The van der Waals surface area contributed by atoms with Gasteiger partial charge in [-0.2, -0.15) is 5.26 Å². The molecular formula is C24H17N7O3. The summed E-state index contributed by atoms with van der Waals surface area (Å²) >= 11 is 0. The van der Waals surface area contributed by atoms with Crippen LogP contribution >= 0.6 is 0 Å². The molecule has 2 N–H and O–H groups in total. The molecule has 0 aliphatic carbocycles. The van der Waals surface area contributed by atoms with E-state index in [-0.39, 0.29) is 5.57 Å². The second-order valence-corrected chi connectivity index (χ2v) is 7.70. The fourth-order valence-electron chi connectivity index (χ4n) is 3.89. The number of imide groups is 2. The van der Waals surface area contributed by atoms with Gasteiger partial charge in [0.15, 0.2) is 0 Å². The van der Waals surface area contributed by atoms with Crippen molar-refractivity contribution in [3.63, 3.8) is 0 Å². The minimum absolute atomic E-state index is 0.149. The van der Waals surface area contributed by atoms with Gasteiger partial charge in [-0.1, -0.05) is 41.6 Å². The van der Waals surface area contributed by atoms with E-state index in [0.29, 0.717) is 29.9 Å². The molecule has 0 radical (unpaired) electrons. The number of nitrogens with zero attached hydrogens (tertiary/aromatic N) is 5. The molecule has 1 aliphatic rings. The van der Waals surface area contributed by atoms with Crippen molar-refractivity contribution in [2.24, 2.45) is 0 Å². The molecule has 0 bridgehead atoms. The minimum Gasteiger partial charge on any atom is -0.341 e. The van der Waals surface area contributed by atoms with Crippen LogP contribution in [-0.4, -0.2) is 37.4 Å². The Kier molecular flexibility index (Phi) is 5.20. The highest BCUT2D eigenvalue weighted by Crippen LogP contribution is 2.25. The highest BCUT2D eigenvalue weighted by atomic mass is 16.2. The Morgan fingerprint density at radius 1 is 0.941 bits per heavy atom. The van der Waals surface area contributed by atoms with Crippen molar-refractivity contribution >= 4 is 34.8 Å². The number of nitriles is 1. The van der Waals surface area contributed by atoms with Crippen LogP contribution in [0.1, 0.15) is 22.4 Å². The first-order valence-corrected chi connectivity index (χ1v) is 10.3. The number of hydrogen-bond donors (Lipinski definition) is 2. The predicted molar refractivity (Wildman–Crippen MR) is 121 cm³/mol. The Hall–Kier alpha value is -5.04. The summed E-state index contributed by atoms with van der Waals surface area (Å²) in [6, 6.07) is 16.2. The van der Waals surface area contributed by atoms with Crippen molar-refractivity contribution in [2.75, 3.05) is 0 Å². The molecule has 34 heavy (non-hydrogen) atoms. The molecule has 2 aromatic heterocycles. The van der Waals surface area contributed by atoms with Gasteiger partial charge in [-0.3, -0.25) is 20.2 Å². The van der Waals surface area contributed by atoms with Crippen molar-refractivity contribution in [2.45, 2.75) is 13.1 Å². The third-order valence-electron chi connectivity index (χ3n) is 5.45. The first kappa shape index (κ1) is 20.8. The lowest BCUT2D eigenvalue weighted by atomic mass is 10.1. The molecule has 2 aromatic carbocycles. The van der Waals surface area contributed by atoms with Gasteiger partial charge in [-0.25, -0.2) is 9.48 Å². The van der Waals surface area contributed by atoms with E-state index in [2.05, 4.69) is 27.0 Å². The Labute approximate surface area is 193 Å². The van der Waals surface area contributed by atoms with Crippen molar-refractivity contribution < 1.29 is 14.4 Å². The van der Waals surface area contributed by atoms with Gasteiger partial charge in [-0.15, -0.1) is 5.10 Å². The molecule has 3 heterocycles. The summed E-state index contributed by atoms with van der Waals surface area (Å²) in [5.74, 6) is -1.49. The number of fused-ring (bicyclic) bond motifs is 1. The van der Waals surface area contributed by atoms with Gasteiger partial charge in [0.2, 0.25) is 0 Å². The van der Waals surface area contributed by atoms with Crippen LogP contribution < -0.4 is 10.6 Å². The molecule has 0 spiro atoms. The van der Waals surface area contributed by atoms with Crippen molar-refractivity contribution in [1.29, 1.82) is 5.26 Å². The van der Waals surface area contributed by atoms with E-state index in [9.17, 15) is 19.6 Å². The summed E-state index contributed by atoms with van der Waals surface area (Å²) in [6.45, 7) is 0.823. The number of amides is 4. The lowest BCUT2D eigenvalue weighted by Crippen LogP contribution is -2.51. The van der Waals surface area contributed by atoms with E-state index in [0.717, 1.165) is 16.5 Å². The predicted octanol–water partition coefficient (Wildman–Crippen LogP) is 1.95. The van der Waals surface area contributed by atoms with Gasteiger partial charge < -0.3 is 4.57 Å². The maximum Gasteiger partial charge on any atom is 0.328 e. The average molecular weight is 451 g/mol. The second-order valence-electron chi connectivity index (χ2n) is 7.70. The lowest BCUT2D eigenvalue weighted by molar-refractivity contribution is -0.123. The molecule has 1 saturated heterocycles. The molecule has 10 heteroatoms. The van der Waals surface area contributed by atoms with Crippen LogP contribution in [0.4, 0.5) is 4.79 Å². The van der Waals surface area contributed by atoms with Gasteiger partial charge in [-0.05, 0) is 23.8 Å². The van der Waals surface area contributed by atoms with Crippen molar-refractivity contribution in [1.82, 2.24) is 30.2 Å². The number of barbiturate groups is 1. The van der Waals surface area contributed by atoms with Gasteiger partial charge in [0, 0.05) is 22.7 Å². The van der Waals surface area contributed by atoms with E-state index in [4.69, 9.17) is 0 Å². The number of aromatic nitrogens is 4. The third-order valence-corrected chi connectivity index (χ3v) is 5.45. The monoisotopic (exact) mass is 451 g/mol. The number of rotatable bonds is 5. The third kappa shape index (κ3) is 3.93. The molecule has 0 saturated carbocycles. The number of urea groups is 1. The summed E-state index contributed by atoms with van der Waals surface area (Å²) in [6.07, 6.45) is 5.10. The normalized spacial score (nSPS) is 13.5. The molecule has 0 unspecified atom stereocenters. The van der Waals surface area contributed by atoms with Crippen LogP contribution in [0.3, 0.4) is 0 Å². The van der Waals surface area contributed by atoms with Gasteiger partial charge in [0.1, 0.15) is 11.3 Å². The number of carbonyl (C=O) groups excluding carboxylic acids is 3. The van der Waals surface area contributed by atoms with E-state index < -0.39 is 17.8 Å². The molecule has 166 valence electrons. The van der Waals surface area contributed by atoms with Crippen LogP contribution in [-0.2, 0) is 22.7 Å². The van der Waals surface area contributed by atoms with Gasteiger partial charge in [0.05, 0.1) is 30.9 Å². The smallest absolute Gasteiger partial charge is 0.328 e. The van der Waals surface area contributed by atoms with Crippen LogP contribution in [0.5, 0.6) is 0 Å². The summed E-state index contributed by atoms with van der Waals surface area (Å²) in [7, 11) is 0. The number of benzene rings is 2. The van der Waals surface area contributed by atoms with Crippen LogP contribution in [0.15, 0.2) is 66.5 Å². The van der Waals surface area contributed by atoms with Crippen LogP contribution in [0.2, 0.25) is 0 Å². The Bertz CT molecular complexity index is 1520. The Morgan fingerprint density at radius 2 is 1.68 bits per heavy atom. The fraction of sp³-hybridized carbons (Fsp3) is 0.0833. The van der Waals surface area contributed by atoms with Gasteiger partial charge >= 0.3 is 6.03 Å². The van der Waals surface area contributed by atoms with E-state index in [1.165, 1.54) is 6.08 Å². The zero-order chi connectivity index (χ0) is 23.7. The number of para-hydroxylation sites is 1. The SMILES string of the molecule is N#Cc1ccccc1Cn1cc(Cn2cc(C=C3C(=O)NC(=O)NC3=O)c3ccccc32)nn1. The zero-order valence-electron chi connectivity index (χ0n) is 17.7. The highest BCUT2D eigenvalue weighted by Gasteiger charge is 2.28. The van der Waals surface area contributed by atoms with E-state index in [1.54, 1.807) is 10.7 Å². The first-order chi connectivity index (χ1) is 16.5. The molecule has 4 aromatic rings. The summed E-state index contributed by atoms with van der Waals surface area (Å²) in [4.78, 5) is 35.6. The maximum absolute atomic E-state index is 12.1. The van der Waals surface area contributed by atoms with E-state index in [1.807, 2.05) is 59.4 Å². The average Bonchev–Trinajstić information content (AvgIpc) is 3.41. The second kappa shape index (κ2) is 8.48. The summed E-state index contributed by atoms with van der Waals surface area (Å²) < 4.78 is 3.62. The lowest BCUT2D eigenvalue weighted by Gasteiger charge is -2.13. The molecule has 5 rings (SSSR count). The molecule has 10 nitrogen and oxygen atoms in total. The molecular weight excluding hydrogens is 434 g/mol. The molecule has 1 aliphatic heterocycles. The standard InChI is InChI=1S/C24H17N7O3/c25-10-15-5-1-2-6-16(15)12-31-14-18(28-29-31)13-30-11-17(19-7-3-4-8-21(19)30)9-20-22(32)26-24(34)27-23(20)33/h1-9,11,14H,12-13H2,(H2,26,27,32,33,34). The molecule has 4 amide bonds. The number of nitrogens with one attached hydrogen (secondary N) is 2. The number of carbonyl (C=O) groups is 3. The maximum atomic E-state index is 12.1. The van der Waals surface area contributed by atoms with Crippen molar-refractivity contribution in [3.8, 4) is 6.07 Å². The Balaban J connectivity index is 1.44. The molecule has 0 atom stereocenters. The molecule has 1 fully saturated rings. The zero-order valence-corrected chi connectivity index (χ0v) is 17.7. The van der Waals surface area contributed by atoms with Crippen LogP contribution in [0, 0.1) is 11.3 Å². The van der Waals surface area contributed by atoms with Crippen molar-refractivity contribution in [3.05, 3.63) is 88.9 Å². The topological polar surface area (TPSA) is 135 Å². The first-order valence-electron chi connectivity index (χ1n) is 10.3. The Morgan fingerprint density at radius 3 is 2.47 bits per heavy atom. The summed E-state index contributed by atoms with van der Waals surface area (Å²) in [5.41, 5.74) is 3.53. The highest BCUT2D eigenvalue weighted by molar-refractivity contribution is 6.31.